The molecule has 1 heterocycles. The zero-order chi connectivity index (χ0) is 14.1. The van der Waals surface area contributed by atoms with Crippen LogP contribution >= 0.6 is 27.5 Å². The Morgan fingerprint density at radius 1 is 1.15 bits per heavy atom. The van der Waals surface area contributed by atoms with E-state index in [0.29, 0.717) is 26.9 Å². The molecule has 0 atom stereocenters. The Morgan fingerprint density at radius 3 is 2.65 bits per heavy atom. The van der Waals surface area contributed by atoms with Crippen LogP contribution in [-0.4, -0.2) is 9.55 Å². The van der Waals surface area contributed by atoms with E-state index >= 15 is 0 Å². The van der Waals surface area contributed by atoms with E-state index in [0.717, 1.165) is 5.56 Å². The standard InChI is InChI=1S/C15H10BrClN2O/c16-11-6-7-12-13(14(11)17)15(20)19(9-18-12)8-10-4-2-1-3-5-10/h1-7,9H,8H2. The minimum absolute atomic E-state index is 0.134. The smallest absolute Gasteiger partial charge is 0.263 e. The van der Waals surface area contributed by atoms with Gasteiger partial charge in [-0.25, -0.2) is 4.98 Å². The van der Waals surface area contributed by atoms with Crippen LogP contribution in [0.4, 0.5) is 0 Å². The molecule has 0 fully saturated rings. The van der Waals surface area contributed by atoms with E-state index in [9.17, 15) is 4.79 Å². The SMILES string of the molecule is O=c1c2c(Cl)c(Br)ccc2ncn1Cc1ccccc1. The highest BCUT2D eigenvalue weighted by Crippen LogP contribution is 2.27. The third-order valence-electron chi connectivity index (χ3n) is 3.08. The molecule has 0 aliphatic rings. The Labute approximate surface area is 129 Å². The number of rotatable bonds is 2. The average molecular weight is 350 g/mol. The van der Waals surface area contributed by atoms with Crippen LogP contribution in [-0.2, 0) is 6.54 Å². The molecule has 0 unspecified atom stereocenters. The lowest BCUT2D eigenvalue weighted by Crippen LogP contribution is -2.21. The van der Waals surface area contributed by atoms with Crippen molar-refractivity contribution >= 4 is 38.4 Å². The second kappa shape index (κ2) is 5.38. The molecule has 20 heavy (non-hydrogen) atoms. The molecular weight excluding hydrogens is 340 g/mol. The zero-order valence-corrected chi connectivity index (χ0v) is 12.7. The molecule has 0 saturated carbocycles. The average Bonchev–Trinajstić information content (AvgIpc) is 2.47. The van der Waals surface area contributed by atoms with Crippen molar-refractivity contribution in [2.75, 3.05) is 0 Å². The van der Waals surface area contributed by atoms with Gasteiger partial charge in [-0.2, -0.15) is 0 Å². The molecule has 3 aromatic rings. The van der Waals surface area contributed by atoms with Gasteiger partial charge in [0.1, 0.15) is 0 Å². The highest BCUT2D eigenvalue weighted by Gasteiger charge is 2.10. The number of nitrogens with zero attached hydrogens (tertiary/aromatic N) is 2. The van der Waals surface area contributed by atoms with Crippen molar-refractivity contribution in [1.82, 2.24) is 9.55 Å². The summed E-state index contributed by atoms with van der Waals surface area (Å²) in [6.45, 7) is 0.478. The van der Waals surface area contributed by atoms with E-state index in [-0.39, 0.29) is 5.56 Å². The maximum absolute atomic E-state index is 12.5. The summed E-state index contributed by atoms with van der Waals surface area (Å²) in [7, 11) is 0. The largest absolute Gasteiger partial charge is 0.294 e. The van der Waals surface area contributed by atoms with E-state index in [1.807, 2.05) is 30.3 Å². The van der Waals surface area contributed by atoms with Crippen LogP contribution in [0.2, 0.25) is 5.02 Å². The van der Waals surface area contributed by atoms with Crippen molar-refractivity contribution < 1.29 is 0 Å². The number of fused-ring (bicyclic) bond motifs is 1. The molecule has 0 aliphatic carbocycles. The highest BCUT2D eigenvalue weighted by atomic mass is 79.9. The van der Waals surface area contributed by atoms with Crippen molar-refractivity contribution in [2.45, 2.75) is 6.54 Å². The molecule has 2 aromatic carbocycles. The van der Waals surface area contributed by atoms with Crippen molar-refractivity contribution in [3.63, 3.8) is 0 Å². The van der Waals surface area contributed by atoms with Gasteiger partial charge in [-0.05, 0) is 33.6 Å². The second-order valence-electron chi connectivity index (χ2n) is 4.42. The lowest BCUT2D eigenvalue weighted by Gasteiger charge is -2.08. The van der Waals surface area contributed by atoms with Crippen LogP contribution < -0.4 is 5.56 Å². The van der Waals surface area contributed by atoms with E-state index in [4.69, 9.17) is 11.6 Å². The molecule has 100 valence electrons. The lowest BCUT2D eigenvalue weighted by molar-refractivity contribution is 0.748. The topological polar surface area (TPSA) is 34.9 Å². The Morgan fingerprint density at radius 2 is 1.90 bits per heavy atom. The van der Waals surface area contributed by atoms with E-state index in [2.05, 4.69) is 20.9 Å². The fourth-order valence-corrected chi connectivity index (χ4v) is 2.64. The van der Waals surface area contributed by atoms with Gasteiger partial charge in [0.05, 0.1) is 28.8 Å². The number of halogens is 2. The molecule has 3 rings (SSSR count). The Balaban J connectivity index is 2.16. The molecule has 0 spiro atoms. The predicted molar refractivity (Wildman–Crippen MR) is 84.3 cm³/mol. The maximum Gasteiger partial charge on any atom is 0.263 e. The summed E-state index contributed by atoms with van der Waals surface area (Å²) in [5.41, 5.74) is 1.51. The third-order valence-corrected chi connectivity index (χ3v) is 4.36. The van der Waals surface area contributed by atoms with Gasteiger partial charge in [0.25, 0.3) is 5.56 Å². The molecule has 0 N–H and O–H groups in total. The van der Waals surface area contributed by atoms with Crippen LogP contribution in [0.3, 0.4) is 0 Å². The Kier molecular flexibility index (Phi) is 3.59. The van der Waals surface area contributed by atoms with Gasteiger partial charge in [0.15, 0.2) is 0 Å². The summed E-state index contributed by atoms with van der Waals surface area (Å²) < 4.78 is 2.26. The summed E-state index contributed by atoms with van der Waals surface area (Å²) in [6, 6.07) is 13.3. The predicted octanol–water partition coefficient (Wildman–Crippen LogP) is 3.86. The Hall–Kier alpha value is -1.65. The van der Waals surface area contributed by atoms with Gasteiger partial charge < -0.3 is 0 Å². The number of hydrogen-bond donors (Lipinski definition) is 0. The molecular formula is C15H10BrClN2O. The molecule has 5 heteroatoms. The monoisotopic (exact) mass is 348 g/mol. The molecule has 3 nitrogen and oxygen atoms in total. The lowest BCUT2D eigenvalue weighted by atomic mass is 10.2. The van der Waals surface area contributed by atoms with Crippen LogP contribution in [0.25, 0.3) is 10.9 Å². The second-order valence-corrected chi connectivity index (χ2v) is 5.65. The number of aromatic nitrogens is 2. The fourth-order valence-electron chi connectivity index (χ4n) is 2.07. The molecule has 1 aromatic heterocycles. The highest BCUT2D eigenvalue weighted by molar-refractivity contribution is 9.10. The quantitative estimate of drug-likeness (QED) is 0.704. The Bertz CT molecular complexity index is 830. The first-order valence-electron chi connectivity index (χ1n) is 6.04. The first-order valence-corrected chi connectivity index (χ1v) is 7.21. The van der Waals surface area contributed by atoms with Gasteiger partial charge in [0, 0.05) is 4.47 Å². The van der Waals surface area contributed by atoms with E-state index in [1.54, 1.807) is 23.0 Å². The van der Waals surface area contributed by atoms with Gasteiger partial charge in [0.2, 0.25) is 0 Å². The first kappa shape index (κ1) is 13.3. The van der Waals surface area contributed by atoms with Crippen molar-refractivity contribution in [1.29, 1.82) is 0 Å². The van der Waals surface area contributed by atoms with Crippen LogP contribution in [0.15, 0.2) is 58.1 Å². The van der Waals surface area contributed by atoms with Crippen LogP contribution in [0, 0.1) is 0 Å². The van der Waals surface area contributed by atoms with Crippen molar-refractivity contribution in [3.05, 3.63) is 74.2 Å². The molecule has 0 aliphatic heterocycles. The summed E-state index contributed by atoms with van der Waals surface area (Å²) in [6.07, 6.45) is 1.56. The van der Waals surface area contributed by atoms with E-state index in [1.165, 1.54) is 0 Å². The fraction of sp³-hybridized carbons (Fsp3) is 0.0667. The van der Waals surface area contributed by atoms with Crippen LogP contribution in [0.1, 0.15) is 5.56 Å². The van der Waals surface area contributed by atoms with Crippen LogP contribution in [0.5, 0.6) is 0 Å². The zero-order valence-electron chi connectivity index (χ0n) is 10.4. The minimum atomic E-state index is -0.134. The first-order chi connectivity index (χ1) is 9.66. The third kappa shape index (κ3) is 2.37. The minimum Gasteiger partial charge on any atom is -0.294 e. The molecule has 0 saturated heterocycles. The molecule has 0 amide bonds. The van der Waals surface area contributed by atoms with Gasteiger partial charge in [-0.15, -0.1) is 0 Å². The summed E-state index contributed by atoms with van der Waals surface area (Å²) in [5, 5.41) is 0.849. The summed E-state index contributed by atoms with van der Waals surface area (Å²) >= 11 is 9.54. The normalized spacial score (nSPS) is 10.9. The molecule has 0 bridgehead atoms. The van der Waals surface area contributed by atoms with E-state index < -0.39 is 0 Å². The maximum atomic E-state index is 12.5. The van der Waals surface area contributed by atoms with Gasteiger partial charge in [-0.3, -0.25) is 9.36 Å². The van der Waals surface area contributed by atoms with Gasteiger partial charge >= 0.3 is 0 Å². The van der Waals surface area contributed by atoms with Crippen molar-refractivity contribution in [3.8, 4) is 0 Å². The number of benzene rings is 2. The summed E-state index contributed by atoms with van der Waals surface area (Å²) in [5.74, 6) is 0. The summed E-state index contributed by atoms with van der Waals surface area (Å²) in [4.78, 5) is 16.8. The van der Waals surface area contributed by atoms with Gasteiger partial charge in [-0.1, -0.05) is 41.9 Å². The van der Waals surface area contributed by atoms with Crippen molar-refractivity contribution in [2.24, 2.45) is 0 Å². The molecule has 0 radical (unpaired) electrons. The number of hydrogen-bond acceptors (Lipinski definition) is 2.